The van der Waals surface area contributed by atoms with Crippen LogP contribution in [0.3, 0.4) is 0 Å². The summed E-state index contributed by atoms with van der Waals surface area (Å²) in [6.45, 7) is 4.04. The van der Waals surface area contributed by atoms with Gasteiger partial charge in [-0.1, -0.05) is 0 Å². The Bertz CT molecular complexity index is 492. The highest BCUT2D eigenvalue weighted by atomic mass is 16.5. The number of hydrogen-bond acceptors (Lipinski definition) is 3. The third-order valence-corrected chi connectivity index (χ3v) is 6.94. The summed E-state index contributed by atoms with van der Waals surface area (Å²) in [6.07, 6.45) is 9.70. The highest BCUT2D eigenvalue weighted by Crippen LogP contribution is 2.55. The minimum absolute atomic E-state index is 0.00226. The Kier molecular flexibility index (Phi) is 4.78. The van der Waals surface area contributed by atoms with Crippen molar-refractivity contribution in [1.82, 2.24) is 10.2 Å². The monoisotopic (exact) mass is 348 g/mol. The molecule has 1 atom stereocenters. The Balaban J connectivity index is 1.31. The standard InChI is InChI=1S/C20H32N2O3/c1-2-22(13-17-4-3-5-25-17)19(24)9-18(23)21-20-10-14-6-15(11-20)8-16(7-14)12-20/h14-17H,2-13H2,1H3,(H,21,23). The van der Waals surface area contributed by atoms with Gasteiger partial charge in [0, 0.05) is 25.2 Å². The topological polar surface area (TPSA) is 58.6 Å². The van der Waals surface area contributed by atoms with Crippen LogP contribution in [0.5, 0.6) is 0 Å². The van der Waals surface area contributed by atoms with Crippen molar-refractivity contribution in [2.45, 2.75) is 76.4 Å². The second-order valence-electron chi connectivity index (χ2n) is 8.99. The van der Waals surface area contributed by atoms with Gasteiger partial charge in [-0.25, -0.2) is 0 Å². The molecule has 1 N–H and O–H groups in total. The first kappa shape index (κ1) is 17.3. The Labute approximate surface area is 150 Å². The van der Waals surface area contributed by atoms with Crippen molar-refractivity contribution >= 4 is 11.8 Å². The predicted octanol–water partition coefficient (Wildman–Crippen LogP) is 2.49. The van der Waals surface area contributed by atoms with E-state index in [4.69, 9.17) is 4.74 Å². The summed E-state index contributed by atoms with van der Waals surface area (Å²) in [7, 11) is 0. The van der Waals surface area contributed by atoms with Crippen LogP contribution < -0.4 is 5.32 Å². The third-order valence-electron chi connectivity index (χ3n) is 6.94. The zero-order valence-electron chi connectivity index (χ0n) is 15.5. The summed E-state index contributed by atoms with van der Waals surface area (Å²) >= 11 is 0. The van der Waals surface area contributed by atoms with Crippen LogP contribution >= 0.6 is 0 Å². The highest BCUT2D eigenvalue weighted by molar-refractivity contribution is 5.97. The van der Waals surface area contributed by atoms with Crippen molar-refractivity contribution in [2.75, 3.05) is 19.7 Å². The van der Waals surface area contributed by atoms with Gasteiger partial charge in [-0.05, 0) is 76.0 Å². The molecule has 4 aliphatic carbocycles. The molecule has 140 valence electrons. The number of nitrogens with zero attached hydrogens (tertiary/aromatic N) is 1. The summed E-state index contributed by atoms with van der Waals surface area (Å²) in [5.74, 6) is 2.27. The van der Waals surface area contributed by atoms with E-state index in [0.29, 0.717) is 13.1 Å². The lowest BCUT2D eigenvalue weighted by Gasteiger charge is -2.56. The van der Waals surface area contributed by atoms with Gasteiger partial charge in [-0.3, -0.25) is 9.59 Å². The van der Waals surface area contributed by atoms with Gasteiger partial charge in [0.15, 0.2) is 0 Å². The smallest absolute Gasteiger partial charge is 0.232 e. The van der Waals surface area contributed by atoms with E-state index in [1.165, 1.54) is 19.3 Å². The number of hydrogen-bond donors (Lipinski definition) is 1. The van der Waals surface area contributed by atoms with E-state index in [2.05, 4.69) is 5.32 Å². The van der Waals surface area contributed by atoms with Crippen molar-refractivity contribution < 1.29 is 14.3 Å². The summed E-state index contributed by atoms with van der Waals surface area (Å²) in [4.78, 5) is 27.0. The van der Waals surface area contributed by atoms with Crippen LogP contribution in [-0.4, -0.2) is 48.1 Å². The molecule has 25 heavy (non-hydrogen) atoms. The molecule has 2 amide bonds. The van der Waals surface area contributed by atoms with Gasteiger partial charge in [-0.15, -0.1) is 0 Å². The molecule has 4 saturated carbocycles. The minimum Gasteiger partial charge on any atom is -0.376 e. The Morgan fingerprint density at radius 1 is 1.12 bits per heavy atom. The lowest BCUT2D eigenvalue weighted by molar-refractivity contribution is -0.139. The number of likely N-dealkylation sites (N-methyl/N-ethyl adjacent to an activating group) is 1. The second-order valence-corrected chi connectivity index (χ2v) is 8.99. The molecule has 5 heteroatoms. The zero-order chi connectivity index (χ0) is 17.4. The van der Waals surface area contributed by atoms with E-state index in [0.717, 1.165) is 56.5 Å². The normalized spacial score (nSPS) is 38.8. The highest BCUT2D eigenvalue weighted by Gasteiger charge is 2.51. The molecular formula is C20H32N2O3. The molecule has 0 aromatic carbocycles. The quantitative estimate of drug-likeness (QED) is 0.750. The van der Waals surface area contributed by atoms with Gasteiger partial charge in [0.05, 0.1) is 6.10 Å². The predicted molar refractivity (Wildman–Crippen MR) is 94.9 cm³/mol. The van der Waals surface area contributed by atoms with Crippen molar-refractivity contribution in [3.63, 3.8) is 0 Å². The van der Waals surface area contributed by atoms with Gasteiger partial charge in [0.25, 0.3) is 0 Å². The van der Waals surface area contributed by atoms with Gasteiger partial charge in [0.1, 0.15) is 6.42 Å². The molecule has 0 radical (unpaired) electrons. The van der Waals surface area contributed by atoms with Crippen molar-refractivity contribution in [2.24, 2.45) is 17.8 Å². The molecule has 1 aliphatic heterocycles. The fraction of sp³-hybridized carbons (Fsp3) is 0.900. The van der Waals surface area contributed by atoms with Crippen LogP contribution in [0.2, 0.25) is 0 Å². The largest absolute Gasteiger partial charge is 0.376 e. The van der Waals surface area contributed by atoms with Crippen LogP contribution in [-0.2, 0) is 14.3 Å². The maximum absolute atomic E-state index is 12.6. The van der Waals surface area contributed by atoms with Crippen LogP contribution in [0.25, 0.3) is 0 Å². The Morgan fingerprint density at radius 3 is 2.28 bits per heavy atom. The summed E-state index contributed by atoms with van der Waals surface area (Å²) in [5, 5.41) is 3.31. The van der Waals surface area contributed by atoms with E-state index < -0.39 is 0 Å². The molecule has 5 fully saturated rings. The SMILES string of the molecule is CCN(CC1CCCO1)C(=O)CC(=O)NC12CC3CC(CC(C3)C1)C2. The van der Waals surface area contributed by atoms with E-state index in [-0.39, 0.29) is 29.9 Å². The number of ether oxygens (including phenoxy) is 1. The molecule has 0 aromatic rings. The zero-order valence-corrected chi connectivity index (χ0v) is 15.5. The van der Waals surface area contributed by atoms with E-state index >= 15 is 0 Å². The molecule has 5 rings (SSSR count). The molecule has 0 spiro atoms. The maximum Gasteiger partial charge on any atom is 0.232 e. The van der Waals surface area contributed by atoms with Crippen molar-refractivity contribution in [3.8, 4) is 0 Å². The molecule has 4 bridgehead atoms. The van der Waals surface area contributed by atoms with Gasteiger partial charge in [-0.2, -0.15) is 0 Å². The average molecular weight is 348 g/mol. The minimum atomic E-state index is -0.0715. The number of rotatable bonds is 6. The van der Waals surface area contributed by atoms with Gasteiger partial charge < -0.3 is 15.0 Å². The van der Waals surface area contributed by atoms with Crippen molar-refractivity contribution in [1.29, 1.82) is 0 Å². The van der Waals surface area contributed by atoms with Gasteiger partial charge >= 0.3 is 0 Å². The number of amides is 2. The average Bonchev–Trinajstić information content (AvgIpc) is 3.03. The Morgan fingerprint density at radius 2 is 1.76 bits per heavy atom. The molecular weight excluding hydrogens is 316 g/mol. The molecule has 1 saturated heterocycles. The molecule has 5 aliphatic rings. The Hall–Kier alpha value is -1.10. The van der Waals surface area contributed by atoms with Crippen LogP contribution in [0.4, 0.5) is 0 Å². The summed E-state index contributed by atoms with van der Waals surface area (Å²) in [5.41, 5.74) is -0.00226. The second kappa shape index (κ2) is 6.90. The van der Waals surface area contributed by atoms with E-state index in [9.17, 15) is 9.59 Å². The fourth-order valence-electron chi connectivity index (χ4n) is 6.29. The number of nitrogens with one attached hydrogen (secondary N) is 1. The van der Waals surface area contributed by atoms with Gasteiger partial charge in [0.2, 0.25) is 11.8 Å². The fourth-order valence-corrected chi connectivity index (χ4v) is 6.29. The van der Waals surface area contributed by atoms with E-state index in [1.54, 1.807) is 4.90 Å². The first-order valence-electron chi connectivity index (χ1n) is 10.3. The van der Waals surface area contributed by atoms with Crippen LogP contribution in [0, 0.1) is 17.8 Å². The summed E-state index contributed by atoms with van der Waals surface area (Å²) in [6, 6.07) is 0. The third kappa shape index (κ3) is 3.71. The molecule has 5 nitrogen and oxygen atoms in total. The number of carbonyl (C=O) groups excluding carboxylic acids is 2. The number of carbonyl (C=O) groups is 2. The molecule has 1 unspecified atom stereocenters. The first-order chi connectivity index (χ1) is 12.0. The lowest BCUT2D eigenvalue weighted by atomic mass is 9.53. The van der Waals surface area contributed by atoms with Crippen molar-refractivity contribution in [3.05, 3.63) is 0 Å². The first-order valence-corrected chi connectivity index (χ1v) is 10.3. The van der Waals surface area contributed by atoms with Crippen LogP contribution in [0.1, 0.15) is 64.7 Å². The summed E-state index contributed by atoms with van der Waals surface area (Å²) < 4.78 is 5.64. The maximum atomic E-state index is 12.6. The van der Waals surface area contributed by atoms with E-state index in [1.807, 2.05) is 6.92 Å². The van der Waals surface area contributed by atoms with Crippen LogP contribution in [0.15, 0.2) is 0 Å². The molecule has 0 aromatic heterocycles. The lowest BCUT2D eigenvalue weighted by Crippen LogP contribution is -2.60. The molecule has 1 heterocycles.